The molecule has 1 saturated carbocycles. The second-order valence-electron chi connectivity index (χ2n) is 6.83. The minimum Gasteiger partial charge on any atom is -0.374 e. The number of hydrogen-bond acceptors (Lipinski definition) is 4. The van der Waals surface area contributed by atoms with Crippen molar-refractivity contribution in [1.82, 2.24) is 9.80 Å². The molecule has 5 heteroatoms. The Morgan fingerprint density at radius 1 is 1.42 bits per heavy atom. The van der Waals surface area contributed by atoms with Gasteiger partial charge in [-0.15, -0.1) is 0 Å². The highest BCUT2D eigenvalue weighted by Crippen LogP contribution is 2.28. The van der Waals surface area contributed by atoms with Gasteiger partial charge in [-0.05, 0) is 37.6 Å². The highest BCUT2D eigenvalue weighted by atomic mass is 16.5. The molecule has 1 aromatic rings. The first kappa shape index (κ1) is 16.9. The first-order valence-corrected chi connectivity index (χ1v) is 8.76. The van der Waals surface area contributed by atoms with Crippen LogP contribution < -0.4 is 0 Å². The van der Waals surface area contributed by atoms with Gasteiger partial charge in [0.05, 0.1) is 36.9 Å². The van der Waals surface area contributed by atoms with E-state index in [4.69, 9.17) is 10.00 Å². The molecule has 0 bridgehead atoms. The average molecular weight is 327 g/mol. The fourth-order valence-corrected chi connectivity index (χ4v) is 3.83. The quantitative estimate of drug-likeness (QED) is 0.850. The second-order valence-corrected chi connectivity index (χ2v) is 6.83. The summed E-state index contributed by atoms with van der Waals surface area (Å²) in [4.78, 5) is 16.8. The number of likely N-dealkylation sites (N-methyl/N-ethyl adjacent to an activating group) is 1. The van der Waals surface area contributed by atoms with Gasteiger partial charge >= 0.3 is 0 Å². The zero-order valence-electron chi connectivity index (χ0n) is 14.3. The molecule has 1 heterocycles. The molecule has 1 amide bonds. The van der Waals surface area contributed by atoms with Crippen LogP contribution >= 0.6 is 0 Å². The van der Waals surface area contributed by atoms with Crippen LogP contribution in [0.5, 0.6) is 0 Å². The molecule has 1 aromatic carbocycles. The van der Waals surface area contributed by atoms with E-state index in [2.05, 4.69) is 6.07 Å². The Bertz CT molecular complexity index is 623. The van der Waals surface area contributed by atoms with Gasteiger partial charge < -0.3 is 9.64 Å². The molecule has 0 spiro atoms. The Balaban J connectivity index is 1.58. The van der Waals surface area contributed by atoms with Crippen LogP contribution in [0.4, 0.5) is 0 Å². The van der Waals surface area contributed by atoms with Crippen LogP contribution in [-0.4, -0.2) is 54.6 Å². The van der Waals surface area contributed by atoms with Gasteiger partial charge in [0.2, 0.25) is 5.91 Å². The van der Waals surface area contributed by atoms with Crippen molar-refractivity contribution in [2.24, 2.45) is 0 Å². The predicted octanol–water partition coefficient (Wildman–Crippen LogP) is 2.16. The summed E-state index contributed by atoms with van der Waals surface area (Å²) in [5.74, 6) is 0.189. The number of benzene rings is 1. The number of fused-ring (bicyclic) bond motifs is 1. The third-order valence-electron chi connectivity index (χ3n) is 4.97. The summed E-state index contributed by atoms with van der Waals surface area (Å²) >= 11 is 0. The van der Waals surface area contributed by atoms with E-state index in [9.17, 15) is 4.79 Å². The molecule has 1 saturated heterocycles. The SMILES string of the molecule is CN(CC(=O)N1CCO[C@H]2CCCC[C@@H]21)Cc1cccc(C#N)c1. The summed E-state index contributed by atoms with van der Waals surface area (Å²) < 4.78 is 5.85. The lowest BCUT2D eigenvalue weighted by Crippen LogP contribution is -2.56. The van der Waals surface area contributed by atoms with E-state index in [1.807, 2.05) is 35.0 Å². The largest absolute Gasteiger partial charge is 0.374 e. The normalized spacial score (nSPS) is 23.6. The summed E-state index contributed by atoms with van der Waals surface area (Å²) in [6.07, 6.45) is 4.76. The number of amides is 1. The molecular weight excluding hydrogens is 302 g/mol. The van der Waals surface area contributed by atoms with Gasteiger partial charge in [-0.1, -0.05) is 25.0 Å². The summed E-state index contributed by atoms with van der Waals surface area (Å²) in [7, 11) is 1.95. The second kappa shape index (κ2) is 7.78. The maximum atomic E-state index is 12.8. The van der Waals surface area contributed by atoms with Crippen molar-refractivity contribution in [2.75, 3.05) is 26.7 Å². The van der Waals surface area contributed by atoms with Gasteiger partial charge in [0.1, 0.15) is 0 Å². The van der Waals surface area contributed by atoms with Crippen LogP contribution in [0.25, 0.3) is 0 Å². The Morgan fingerprint density at radius 3 is 3.08 bits per heavy atom. The van der Waals surface area contributed by atoms with Gasteiger partial charge in [0.15, 0.2) is 0 Å². The topological polar surface area (TPSA) is 56.6 Å². The molecule has 0 N–H and O–H groups in total. The first-order valence-electron chi connectivity index (χ1n) is 8.76. The van der Waals surface area contributed by atoms with E-state index in [1.54, 1.807) is 6.07 Å². The maximum Gasteiger partial charge on any atom is 0.237 e. The molecule has 128 valence electrons. The van der Waals surface area contributed by atoms with E-state index in [1.165, 1.54) is 12.8 Å². The molecule has 3 rings (SSSR count). The fraction of sp³-hybridized carbons (Fsp3) is 0.579. The lowest BCUT2D eigenvalue weighted by Gasteiger charge is -2.44. The minimum absolute atomic E-state index is 0.189. The number of nitrogens with zero attached hydrogens (tertiary/aromatic N) is 3. The smallest absolute Gasteiger partial charge is 0.237 e. The molecule has 24 heavy (non-hydrogen) atoms. The third kappa shape index (κ3) is 3.95. The summed E-state index contributed by atoms with van der Waals surface area (Å²) in [6, 6.07) is 9.98. The van der Waals surface area contributed by atoms with Gasteiger partial charge in [0.25, 0.3) is 0 Å². The molecule has 5 nitrogen and oxygen atoms in total. The number of carbonyl (C=O) groups is 1. The average Bonchev–Trinajstić information content (AvgIpc) is 2.61. The summed E-state index contributed by atoms with van der Waals surface area (Å²) in [6.45, 7) is 2.43. The summed E-state index contributed by atoms with van der Waals surface area (Å²) in [5, 5.41) is 8.99. The summed E-state index contributed by atoms with van der Waals surface area (Å²) in [5.41, 5.74) is 1.72. The number of hydrogen-bond donors (Lipinski definition) is 0. The molecular formula is C19H25N3O2. The Kier molecular flexibility index (Phi) is 5.49. The van der Waals surface area contributed by atoms with Crippen LogP contribution in [-0.2, 0) is 16.1 Å². The standard InChI is InChI=1S/C19H25N3O2/c1-21(13-16-6-4-5-15(11-16)12-20)14-19(23)22-9-10-24-18-8-3-2-7-17(18)22/h4-6,11,17-18H,2-3,7-10,13-14H2,1H3/t17-,18-/m0/s1. The molecule has 2 atom stereocenters. The van der Waals surface area contributed by atoms with Crippen molar-refractivity contribution in [3.8, 4) is 6.07 Å². The lowest BCUT2D eigenvalue weighted by atomic mass is 9.90. The highest BCUT2D eigenvalue weighted by molar-refractivity contribution is 5.78. The van der Waals surface area contributed by atoms with E-state index in [0.29, 0.717) is 31.8 Å². The zero-order valence-corrected chi connectivity index (χ0v) is 14.3. The van der Waals surface area contributed by atoms with Crippen molar-refractivity contribution in [2.45, 2.75) is 44.4 Å². The van der Waals surface area contributed by atoms with Crippen LogP contribution in [0.3, 0.4) is 0 Å². The van der Waals surface area contributed by atoms with E-state index >= 15 is 0 Å². The van der Waals surface area contributed by atoms with Crippen molar-refractivity contribution < 1.29 is 9.53 Å². The van der Waals surface area contributed by atoms with Crippen molar-refractivity contribution in [3.05, 3.63) is 35.4 Å². The van der Waals surface area contributed by atoms with Gasteiger partial charge in [0, 0.05) is 13.1 Å². The molecule has 0 unspecified atom stereocenters. The predicted molar refractivity (Wildman–Crippen MR) is 91.2 cm³/mol. The molecule has 0 radical (unpaired) electrons. The van der Waals surface area contributed by atoms with Crippen molar-refractivity contribution in [3.63, 3.8) is 0 Å². The number of ether oxygens (including phenoxy) is 1. The number of rotatable bonds is 4. The van der Waals surface area contributed by atoms with Gasteiger partial charge in [-0.3, -0.25) is 9.69 Å². The zero-order chi connectivity index (χ0) is 16.9. The molecule has 2 fully saturated rings. The molecule has 0 aromatic heterocycles. The Hall–Kier alpha value is -1.90. The third-order valence-corrected chi connectivity index (χ3v) is 4.97. The molecule has 1 aliphatic carbocycles. The molecule has 2 aliphatic rings. The highest BCUT2D eigenvalue weighted by Gasteiger charge is 2.36. The van der Waals surface area contributed by atoms with Gasteiger partial charge in [-0.2, -0.15) is 5.26 Å². The van der Waals surface area contributed by atoms with Crippen LogP contribution in [0, 0.1) is 11.3 Å². The minimum atomic E-state index is 0.189. The van der Waals surface area contributed by atoms with Crippen LogP contribution in [0.1, 0.15) is 36.8 Å². The van der Waals surface area contributed by atoms with Crippen molar-refractivity contribution >= 4 is 5.91 Å². The van der Waals surface area contributed by atoms with E-state index < -0.39 is 0 Å². The first-order chi connectivity index (χ1) is 11.7. The Morgan fingerprint density at radius 2 is 2.25 bits per heavy atom. The number of morpholine rings is 1. The molecule has 1 aliphatic heterocycles. The Labute approximate surface area is 143 Å². The van der Waals surface area contributed by atoms with Gasteiger partial charge in [-0.25, -0.2) is 0 Å². The van der Waals surface area contributed by atoms with Crippen LogP contribution in [0.2, 0.25) is 0 Å². The number of carbonyl (C=O) groups excluding carboxylic acids is 1. The fourth-order valence-electron chi connectivity index (χ4n) is 3.83. The van der Waals surface area contributed by atoms with E-state index in [-0.39, 0.29) is 18.1 Å². The van der Waals surface area contributed by atoms with Crippen molar-refractivity contribution in [1.29, 1.82) is 5.26 Å². The maximum absolute atomic E-state index is 12.8. The monoisotopic (exact) mass is 327 g/mol. The van der Waals surface area contributed by atoms with E-state index in [0.717, 1.165) is 18.4 Å². The van der Waals surface area contributed by atoms with Crippen LogP contribution in [0.15, 0.2) is 24.3 Å². The number of nitriles is 1. The lowest BCUT2D eigenvalue weighted by molar-refractivity contribution is -0.150.